The summed E-state index contributed by atoms with van der Waals surface area (Å²) in [4.78, 5) is 4.75. The smallest absolute Gasteiger partial charge is 0.161 e. The summed E-state index contributed by atoms with van der Waals surface area (Å²) in [5.74, 6) is 0. The molecular weight excluding hydrogens is 741 g/mol. The normalized spacial score (nSPS) is 11.3. The fourth-order valence-corrected chi connectivity index (χ4v) is 8.67. The van der Waals surface area contributed by atoms with Gasteiger partial charge in [0.05, 0.1) is 5.69 Å². The van der Waals surface area contributed by atoms with Crippen molar-refractivity contribution in [3.63, 3.8) is 0 Å². The van der Waals surface area contributed by atoms with E-state index in [9.17, 15) is 0 Å². The lowest BCUT2D eigenvalue weighted by Crippen LogP contribution is -2.17. The Labute approximate surface area is 355 Å². The van der Waals surface area contributed by atoms with Gasteiger partial charge in [-0.15, -0.1) is 0 Å². The van der Waals surface area contributed by atoms with Crippen LogP contribution in [0.2, 0.25) is 0 Å². The molecule has 288 valence electrons. The number of fused-ring (bicyclic) bond motifs is 5. The van der Waals surface area contributed by atoms with Crippen LogP contribution in [0.1, 0.15) is 0 Å². The third-order valence-corrected chi connectivity index (χ3v) is 11.6. The second-order valence-corrected chi connectivity index (χ2v) is 15.3. The molecule has 0 unspecified atom stereocenters. The number of hydrogen-bond acceptors (Lipinski definition) is 3. The molecule has 61 heavy (non-hydrogen) atoms. The van der Waals surface area contributed by atoms with Crippen molar-refractivity contribution in [3.05, 3.63) is 243 Å². The van der Waals surface area contributed by atoms with Crippen molar-refractivity contribution >= 4 is 66.8 Å². The maximum Gasteiger partial charge on any atom is 0.161 e. The SMILES string of the molecule is c1ccc(-c2ccc(N(c3cccc(-c4ccccc4)c3)c3ccc4c(oc5c6ccccc6ccc45)c3N(c3ccccc3)c3ccc(-c4ccccc4)cc3)cc2)cc1. The van der Waals surface area contributed by atoms with Gasteiger partial charge in [-0.1, -0.05) is 176 Å². The van der Waals surface area contributed by atoms with Gasteiger partial charge in [-0.25, -0.2) is 0 Å². The zero-order chi connectivity index (χ0) is 40.5. The Hall–Kier alpha value is -8.14. The standard InChI is InChI=1S/C58H40N2O/c1-5-16-41(17-6-1)44-28-33-49(34-29-44)59(51-26-15-23-47(40-51)43-20-9-3-10-21-43)55-39-38-54-53-37-32-46-22-13-14-27-52(46)57(53)61-58(54)56(55)60(48-24-11-4-12-25-48)50-35-30-45(31-36-50)42-18-7-2-8-19-42/h1-40H. The largest absolute Gasteiger partial charge is 0.453 e. The van der Waals surface area contributed by atoms with Crippen molar-refractivity contribution in [2.24, 2.45) is 0 Å². The van der Waals surface area contributed by atoms with Gasteiger partial charge >= 0.3 is 0 Å². The van der Waals surface area contributed by atoms with Crippen LogP contribution in [0, 0.1) is 0 Å². The van der Waals surface area contributed by atoms with Crippen LogP contribution >= 0.6 is 0 Å². The molecule has 0 fully saturated rings. The van der Waals surface area contributed by atoms with Crippen LogP contribution in [0.3, 0.4) is 0 Å². The molecule has 0 aliphatic rings. The third-order valence-electron chi connectivity index (χ3n) is 11.6. The number of furan rings is 1. The highest BCUT2D eigenvalue weighted by molar-refractivity contribution is 6.19. The zero-order valence-corrected chi connectivity index (χ0v) is 33.4. The molecule has 1 heterocycles. The van der Waals surface area contributed by atoms with Crippen LogP contribution in [0.5, 0.6) is 0 Å². The van der Waals surface area contributed by atoms with Gasteiger partial charge in [-0.2, -0.15) is 0 Å². The molecule has 0 saturated heterocycles. The minimum Gasteiger partial charge on any atom is -0.453 e. The summed E-state index contributed by atoms with van der Waals surface area (Å²) in [6.07, 6.45) is 0. The zero-order valence-electron chi connectivity index (χ0n) is 33.4. The molecule has 3 nitrogen and oxygen atoms in total. The molecule has 11 aromatic rings. The Bertz CT molecular complexity index is 3270. The fourth-order valence-electron chi connectivity index (χ4n) is 8.67. The topological polar surface area (TPSA) is 19.6 Å². The van der Waals surface area contributed by atoms with E-state index < -0.39 is 0 Å². The lowest BCUT2D eigenvalue weighted by atomic mass is 10.0. The van der Waals surface area contributed by atoms with Crippen LogP contribution < -0.4 is 9.80 Å². The first-order chi connectivity index (χ1) is 30.3. The Morgan fingerprint density at radius 1 is 0.262 bits per heavy atom. The Balaban J connectivity index is 1.21. The number of anilines is 6. The summed E-state index contributed by atoms with van der Waals surface area (Å²) < 4.78 is 7.28. The summed E-state index contributed by atoms with van der Waals surface area (Å²) in [5, 5.41) is 4.37. The average Bonchev–Trinajstić information content (AvgIpc) is 3.73. The molecule has 3 heteroatoms. The molecule has 0 saturated carbocycles. The van der Waals surface area contributed by atoms with Gasteiger partial charge < -0.3 is 14.2 Å². The second-order valence-electron chi connectivity index (χ2n) is 15.3. The summed E-state index contributed by atoms with van der Waals surface area (Å²) in [7, 11) is 0. The first kappa shape index (κ1) is 36.0. The molecular formula is C58H40N2O. The number of para-hydroxylation sites is 1. The maximum atomic E-state index is 7.28. The highest BCUT2D eigenvalue weighted by Gasteiger charge is 2.28. The molecule has 0 aliphatic heterocycles. The Kier molecular flexibility index (Phi) is 9.18. The number of nitrogens with zero attached hydrogens (tertiary/aromatic N) is 2. The van der Waals surface area contributed by atoms with Crippen LogP contribution in [0.4, 0.5) is 34.1 Å². The minimum atomic E-state index is 0.810. The molecule has 0 spiro atoms. The summed E-state index contributed by atoms with van der Waals surface area (Å²) >= 11 is 0. The van der Waals surface area contributed by atoms with E-state index in [0.717, 1.165) is 89.1 Å². The highest BCUT2D eigenvalue weighted by atomic mass is 16.3. The molecule has 0 bridgehead atoms. The van der Waals surface area contributed by atoms with E-state index in [0.29, 0.717) is 0 Å². The summed E-state index contributed by atoms with van der Waals surface area (Å²) in [5.41, 5.74) is 14.7. The quantitative estimate of drug-likeness (QED) is 0.145. The monoisotopic (exact) mass is 780 g/mol. The number of rotatable bonds is 9. The minimum absolute atomic E-state index is 0.810. The van der Waals surface area contributed by atoms with Gasteiger partial charge in [0.25, 0.3) is 0 Å². The maximum absolute atomic E-state index is 7.28. The van der Waals surface area contributed by atoms with Crippen molar-refractivity contribution in [1.29, 1.82) is 0 Å². The van der Waals surface area contributed by atoms with Gasteiger partial charge in [0.1, 0.15) is 11.3 Å². The summed E-state index contributed by atoms with van der Waals surface area (Å²) in [6, 6.07) is 86.4. The first-order valence-corrected chi connectivity index (χ1v) is 20.8. The third kappa shape index (κ3) is 6.69. The Morgan fingerprint density at radius 3 is 1.33 bits per heavy atom. The first-order valence-electron chi connectivity index (χ1n) is 20.8. The van der Waals surface area contributed by atoms with Crippen LogP contribution in [-0.2, 0) is 0 Å². The van der Waals surface area contributed by atoms with Gasteiger partial charge in [-0.3, -0.25) is 0 Å². The average molecular weight is 781 g/mol. The van der Waals surface area contributed by atoms with Crippen molar-refractivity contribution in [2.75, 3.05) is 9.80 Å². The molecule has 0 N–H and O–H groups in total. The van der Waals surface area contributed by atoms with Crippen LogP contribution in [0.25, 0.3) is 66.1 Å². The molecule has 1 aromatic heterocycles. The van der Waals surface area contributed by atoms with Crippen LogP contribution in [-0.4, -0.2) is 0 Å². The number of benzene rings is 10. The van der Waals surface area contributed by atoms with E-state index in [-0.39, 0.29) is 0 Å². The van der Waals surface area contributed by atoms with E-state index >= 15 is 0 Å². The molecule has 0 atom stereocenters. The second kappa shape index (κ2) is 15.6. The van der Waals surface area contributed by atoms with Gasteiger partial charge in [-0.05, 0) is 105 Å². The van der Waals surface area contributed by atoms with E-state index in [1.54, 1.807) is 0 Å². The fraction of sp³-hybridized carbons (Fsp3) is 0. The van der Waals surface area contributed by atoms with Gasteiger partial charge in [0.2, 0.25) is 0 Å². The predicted molar refractivity (Wildman–Crippen MR) is 257 cm³/mol. The van der Waals surface area contributed by atoms with Crippen molar-refractivity contribution < 1.29 is 4.42 Å². The molecule has 10 aromatic carbocycles. The number of hydrogen-bond donors (Lipinski definition) is 0. The summed E-state index contributed by atoms with van der Waals surface area (Å²) in [6.45, 7) is 0. The lowest BCUT2D eigenvalue weighted by Gasteiger charge is -2.33. The highest BCUT2D eigenvalue weighted by Crippen LogP contribution is 2.52. The molecule has 11 rings (SSSR count). The van der Waals surface area contributed by atoms with E-state index in [4.69, 9.17) is 4.42 Å². The van der Waals surface area contributed by atoms with E-state index in [2.05, 4.69) is 252 Å². The van der Waals surface area contributed by atoms with Crippen molar-refractivity contribution in [2.45, 2.75) is 0 Å². The predicted octanol–water partition coefficient (Wildman–Crippen LogP) is 16.7. The molecule has 0 aliphatic carbocycles. The van der Waals surface area contributed by atoms with Crippen molar-refractivity contribution in [3.8, 4) is 33.4 Å². The molecule has 0 radical (unpaired) electrons. The Morgan fingerprint density at radius 2 is 0.705 bits per heavy atom. The van der Waals surface area contributed by atoms with Gasteiger partial charge in [0, 0.05) is 38.9 Å². The lowest BCUT2D eigenvalue weighted by molar-refractivity contribution is 0.673. The van der Waals surface area contributed by atoms with Gasteiger partial charge in [0.15, 0.2) is 5.58 Å². The molecule has 0 amide bonds. The van der Waals surface area contributed by atoms with E-state index in [1.807, 2.05) is 0 Å². The van der Waals surface area contributed by atoms with E-state index in [1.165, 1.54) is 11.1 Å². The van der Waals surface area contributed by atoms with Crippen LogP contribution in [0.15, 0.2) is 247 Å². The van der Waals surface area contributed by atoms with Crippen molar-refractivity contribution in [1.82, 2.24) is 0 Å².